The van der Waals surface area contributed by atoms with Gasteiger partial charge in [-0.1, -0.05) is 60.7 Å². The number of nitrogen functional groups attached to an aromatic ring is 1. The number of aliphatic carboxylic acids is 1. The van der Waals surface area contributed by atoms with E-state index in [0.717, 1.165) is 5.39 Å². The van der Waals surface area contributed by atoms with E-state index in [9.17, 15) is 18.0 Å². The Labute approximate surface area is 197 Å². The molecule has 0 aliphatic rings. The summed E-state index contributed by atoms with van der Waals surface area (Å²) in [6.45, 7) is 0. The first kappa shape index (κ1) is 23.9. The molecule has 8 nitrogen and oxygen atoms in total. The minimum absolute atomic E-state index is 0.00384. The van der Waals surface area contributed by atoms with Gasteiger partial charge in [0.25, 0.3) is 0 Å². The van der Waals surface area contributed by atoms with E-state index < -0.39 is 24.2 Å². The molecule has 11 heteroatoms. The zero-order valence-corrected chi connectivity index (χ0v) is 18.2. The van der Waals surface area contributed by atoms with Crippen LogP contribution in [-0.4, -0.2) is 38.2 Å². The van der Waals surface area contributed by atoms with Gasteiger partial charge in [0, 0.05) is 5.56 Å². The second-order valence-electron chi connectivity index (χ2n) is 7.91. The number of alkyl halides is 3. The number of aromatic nitrogens is 3. The number of nitrogens with one attached hydrogen (secondary N) is 1. The second-order valence-corrected chi connectivity index (χ2v) is 7.91. The number of benzene rings is 3. The molecule has 6 N–H and O–H groups in total. The number of halogens is 3. The van der Waals surface area contributed by atoms with Gasteiger partial charge < -0.3 is 21.9 Å². The first-order chi connectivity index (χ1) is 16.6. The number of hydrogen-bond acceptors (Lipinski definition) is 7. The first-order valence-corrected chi connectivity index (χ1v) is 10.5. The van der Waals surface area contributed by atoms with E-state index in [1.807, 2.05) is 12.1 Å². The Morgan fingerprint density at radius 3 is 2.31 bits per heavy atom. The quantitative estimate of drug-likeness (QED) is 0.311. The van der Waals surface area contributed by atoms with Crippen LogP contribution in [0.25, 0.3) is 22.2 Å². The predicted molar refractivity (Wildman–Crippen MR) is 125 cm³/mol. The first-order valence-electron chi connectivity index (χ1n) is 10.5. The van der Waals surface area contributed by atoms with Gasteiger partial charge in [0.2, 0.25) is 11.9 Å². The number of anilines is 2. The molecule has 0 saturated heterocycles. The van der Waals surface area contributed by atoms with Crippen molar-refractivity contribution >= 4 is 28.6 Å². The molecule has 35 heavy (non-hydrogen) atoms. The Bertz CT molecular complexity index is 1360. The molecule has 0 radical (unpaired) electrons. The predicted octanol–water partition coefficient (Wildman–Crippen LogP) is 3.94. The summed E-state index contributed by atoms with van der Waals surface area (Å²) in [7, 11) is 0. The normalized spacial score (nSPS) is 13.4. The van der Waals surface area contributed by atoms with E-state index in [0.29, 0.717) is 16.5 Å². The molecule has 0 aliphatic carbocycles. The molecular weight excluding hydrogens is 461 g/mol. The highest BCUT2D eigenvalue weighted by Gasteiger charge is 2.41. The number of nitrogens with zero attached hydrogens (tertiary/aromatic N) is 3. The van der Waals surface area contributed by atoms with Crippen molar-refractivity contribution in [2.75, 3.05) is 11.1 Å². The lowest BCUT2D eigenvalue weighted by Gasteiger charge is -2.22. The van der Waals surface area contributed by atoms with Crippen LogP contribution in [-0.2, 0) is 11.2 Å². The second kappa shape index (κ2) is 9.55. The summed E-state index contributed by atoms with van der Waals surface area (Å²) in [5, 5.41) is 12.8. The number of hydrogen-bond donors (Lipinski definition) is 4. The lowest BCUT2D eigenvalue weighted by molar-refractivity contribution is -0.144. The minimum Gasteiger partial charge on any atom is -0.480 e. The van der Waals surface area contributed by atoms with Gasteiger partial charge >= 0.3 is 12.1 Å². The summed E-state index contributed by atoms with van der Waals surface area (Å²) in [5.74, 6) is -1.65. The summed E-state index contributed by atoms with van der Waals surface area (Å²) in [5.41, 5.74) is 12.4. The van der Waals surface area contributed by atoms with E-state index in [1.54, 1.807) is 42.5 Å². The van der Waals surface area contributed by atoms with Gasteiger partial charge in [0.05, 0.1) is 0 Å². The maximum absolute atomic E-state index is 14.0. The maximum atomic E-state index is 14.0. The van der Waals surface area contributed by atoms with Crippen LogP contribution in [0.4, 0.5) is 25.1 Å². The molecule has 0 spiro atoms. The summed E-state index contributed by atoms with van der Waals surface area (Å²) in [6, 6.07) is 14.9. The van der Waals surface area contributed by atoms with Crippen molar-refractivity contribution in [2.24, 2.45) is 5.73 Å². The van der Waals surface area contributed by atoms with E-state index in [2.05, 4.69) is 20.3 Å². The van der Waals surface area contributed by atoms with Crippen LogP contribution >= 0.6 is 0 Å². The van der Waals surface area contributed by atoms with Crippen molar-refractivity contribution in [2.45, 2.75) is 24.7 Å². The Hall–Kier alpha value is -4.25. The molecule has 180 valence electrons. The van der Waals surface area contributed by atoms with Crippen molar-refractivity contribution in [1.29, 1.82) is 0 Å². The van der Waals surface area contributed by atoms with Gasteiger partial charge in [0.1, 0.15) is 6.04 Å². The van der Waals surface area contributed by atoms with Crippen molar-refractivity contribution in [3.63, 3.8) is 0 Å². The van der Waals surface area contributed by atoms with Gasteiger partial charge in [-0.25, -0.2) is 0 Å². The fourth-order valence-corrected chi connectivity index (χ4v) is 3.59. The van der Waals surface area contributed by atoms with Crippen LogP contribution in [0.5, 0.6) is 0 Å². The van der Waals surface area contributed by atoms with Crippen LogP contribution in [0.15, 0.2) is 66.7 Å². The van der Waals surface area contributed by atoms with E-state index in [1.165, 1.54) is 12.1 Å². The average molecular weight is 482 g/mol. The Morgan fingerprint density at radius 1 is 0.971 bits per heavy atom. The van der Waals surface area contributed by atoms with E-state index in [4.69, 9.17) is 16.6 Å². The summed E-state index contributed by atoms with van der Waals surface area (Å²) in [6.07, 6.45) is -4.53. The number of nitrogens with two attached hydrogens (primary N) is 2. The van der Waals surface area contributed by atoms with E-state index in [-0.39, 0.29) is 29.7 Å². The summed E-state index contributed by atoms with van der Waals surface area (Å²) >= 11 is 0. The SMILES string of the molecule is Nc1nc(NC(c2ccc3ccccc3c2)C(F)(F)F)nc(-c2ccc(C[C@H](N)C(=O)O)cc2)n1. The zero-order valence-electron chi connectivity index (χ0n) is 18.2. The maximum Gasteiger partial charge on any atom is 0.412 e. The van der Waals surface area contributed by atoms with Gasteiger partial charge in [-0.2, -0.15) is 28.1 Å². The van der Waals surface area contributed by atoms with Gasteiger partial charge in [-0.05, 0) is 34.4 Å². The number of fused-ring (bicyclic) bond motifs is 1. The van der Waals surface area contributed by atoms with Crippen molar-refractivity contribution < 1.29 is 23.1 Å². The molecule has 0 saturated carbocycles. The zero-order chi connectivity index (χ0) is 25.2. The highest BCUT2D eigenvalue weighted by Crippen LogP contribution is 2.36. The molecule has 1 aromatic heterocycles. The minimum atomic E-state index is -4.64. The number of carboxylic acid groups (broad SMARTS) is 1. The standard InChI is InChI=1S/C24H21F3N6O2/c25-24(26,27)19(17-10-9-14-3-1-2-4-16(14)12-17)30-23-32-20(31-22(29)33-23)15-7-5-13(6-8-15)11-18(28)21(34)35/h1-10,12,18-19H,11,28H2,(H,34,35)(H3,29,30,31,32,33)/t18-,19?/m0/s1. The molecule has 0 amide bonds. The third kappa shape index (κ3) is 5.64. The Morgan fingerprint density at radius 2 is 1.66 bits per heavy atom. The van der Waals surface area contributed by atoms with Crippen molar-refractivity contribution in [1.82, 2.24) is 15.0 Å². The summed E-state index contributed by atoms with van der Waals surface area (Å²) in [4.78, 5) is 22.9. The molecule has 1 unspecified atom stereocenters. The summed E-state index contributed by atoms with van der Waals surface area (Å²) < 4.78 is 42.0. The third-order valence-electron chi connectivity index (χ3n) is 5.35. The largest absolute Gasteiger partial charge is 0.480 e. The number of rotatable bonds is 7. The lowest BCUT2D eigenvalue weighted by Crippen LogP contribution is -2.32. The fraction of sp³-hybridized carbons (Fsp3) is 0.167. The topological polar surface area (TPSA) is 140 Å². The van der Waals surface area contributed by atoms with Crippen LogP contribution < -0.4 is 16.8 Å². The van der Waals surface area contributed by atoms with Crippen molar-refractivity contribution in [3.05, 3.63) is 77.9 Å². The average Bonchev–Trinajstić information content (AvgIpc) is 2.81. The smallest absolute Gasteiger partial charge is 0.412 e. The molecule has 2 atom stereocenters. The monoisotopic (exact) mass is 482 g/mol. The molecular formula is C24H21F3N6O2. The lowest BCUT2D eigenvalue weighted by atomic mass is 10.0. The molecule has 4 aromatic rings. The molecule has 0 aliphatic heterocycles. The van der Waals surface area contributed by atoms with Gasteiger partial charge in [-0.15, -0.1) is 0 Å². The molecule has 1 heterocycles. The number of carbonyl (C=O) groups is 1. The van der Waals surface area contributed by atoms with Gasteiger partial charge in [0.15, 0.2) is 11.9 Å². The van der Waals surface area contributed by atoms with Crippen LogP contribution in [0.3, 0.4) is 0 Å². The molecule has 0 fully saturated rings. The van der Waals surface area contributed by atoms with Gasteiger partial charge in [-0.3, -0.25) is 4.79 Å². The van der Waals surface area contributed by atoms with Crippen LogP contribution in [0.2, 0.25) is 0 Å². The Balaban J connectivity index is 1.63. The third-order valence-corrected chi connectivity index (χ3v) is 5.35. The van der Waals surface area contributed by atoms with E-state index >= 15 is 0 Å². The van der Waals surface area contributed by atoms with Crippen LogP contribution in [0, 0.1) is 0 Å². The highest BCUT2D eigenvalue weighted by atomic mass is 19.4. The molecule has 4 rings (SSSR count). The fourth-order valence-electron chi connectivity index (χ4n) is 3.59. The number of carboxylic acids is 1. The molecule has 3 aromatic carbocycles. The highest BCUT2D eigenvalue weighted by molar-refractivity contribution is 5.83. The van der Waals surface area contributed by atoms with Crippen molar-refractivity contribution in [3.8, 4) is 11.4 Å². The van der Waals surface area contributed by atoms with Crippen LogP contribution in [0.1, 0.15) is 17.2 Å². The Kier molecular flexibility index (Phi) is 6.52. The molecule has 0 bridgehead atoms.